The summed E-state index contributed by atoms with van der Waals surface area (Å²) in [5.74, 6) is 0.612. The molecule has 29 heavy (non-hydrogen) atoms. The molecular formula is C20H25N5O2S2. The van der Waals surface area contributed by atoms with Crippen LogP contribution in [0, 0.1) is 18.3 Å². The second-order valence-electron chi connectivity index (χ2n) is 7.65. The average molecular weight is 432 g/mol. The smallest absolute Gasteiger partial charge is 0.270 e. The number of hydrogen-bond acceptors (Lipinski definition) is 7. The maximum atomic E-state index is 12.9. The second-order valence-corrected chi connectivity index (χ2v) is 9.32. The van der Waals surface area contributed by atoms with Crippen LogP contribution in [0.25, 0.3) is 6.08 Å². The topological polar surface area (TPSA) is 72.6 Å². The summed E-state index contributed by atoms with van der Waals surface area (Å²) in [4.78, 5) is 32.2. The molecule has 0 bridgehead atoms. The van der Waals surface area contributed by atoms with Crippen LogP contribution in [-0.4, -0.2) is 63.9 Å². The Balaban J connectivity index is 2.19. The normalized spacial score (nSPS) is 19.6. The predicted molar refractivity (Wildman–Crippen MR) is 121 cm³/mol. The number of piperazine rings is 1. The molecule has 2 saturated heterocycles. The first-order valence-corrected chi connectivity index (χ1v) is 10.7. The van der Waals surface area contributed by atoms with Crippen molar-refractivity contribution in [1.82, 2.24) is 14.4 Å². The monoisotopic (exact) mass is 431 g/mol. The molecular weight excluding hydrogens is 406 g/mol. The van der Waals surface area contributed by atoms with Crippen molar-refractivity contribution in [1.29, 1.82) is 5.26 Å². The zero-order valence-corrected chi connectivity index (χ0v) is 19.0. The maximum absolute atomic E-state index is 12.9. The van der Waals surface area contributed by atoms with E-state index in [-0.39, 0.29) is 23.1 Å². The molecule has 154 valence electrons. The lowest BCUT2D eigenvalue weighted by atomic mass is 10.0. The summed E-state index contributed by atoms with van der Waals surface area (Å²) in [5.41, 5.74) is 1.12. The van der Waals surface area contributed by atoms with Gasteiger partial charge in [-0.1, -0.05) is 24.0 Å². The highest BCUT2D eigenvalue weighted by Crippen LogP contribution is 2.36. The van der Waals surface area contributed by atoms with E-state index in [0.717, 1.165) is 37.6 Å². The van der Waals surface area contributed by atoms with Crippen LogP contribution in [0.2, 0.25) is 0 Å². The Hall–Kier alpha value is -2.15. The van der Waals surface area contributed by atoms with Crippen molar-refractivity contribution in [2.75, 3.05) is 38.1 Å². The third kappa shape index (κ3) is 3.84. The number of thiocarbonyl (C=S) groups is 1. The lowest BCUT2D eigenvalue weighted by Crippen LogP contribution is -2.46. The molecule has 0 unspecified atom stereocenters. The highest BCUT2D eigenvalue weighted by Gasteiger charge is 2.34. The van der Waals surface area contributed by atoms with Gasteiger partial charge in [0, 0.05) is 44.8 Å². The number of anilines is 1. The summed E-state index contributed by atoms with van der Waals surface area (Å²) in [6.07, 6.45) is 1.80. The van der Waals surface area contributed by atoms with E-state index >= 15 is 0 Å². The van der Waals surface area contributed by atoms with Gasteiger partial charge in [-0.25, -0.2) is 0 Å². The fourth-order valence-electron chi connectivity index (χ4n) is 3.67. The second kappa shape index (κ2) is 8.30. The summed E-state index contributed by atoms with van der Waals surface area (Å²) in [5, 5.41) is 9.55. The number of thioether (sulfide) groups is 1. The van der Waals surface area contributed by atoms with Gasteiger partial charge in [0.25, 0.3) is 11.5 Å². The Bertz CT molecular complexity index is 998. The number of rotatable bonds is 3. The minimum Gasteiger partial charge on any atom is -0.355 e. The van der Waals surface area contributed by atoms with E-state index < -0.39 is 0 Å². The SMILES string of the molecule is Cc1c(C=C2SC(=S)N(C(C)C)C2=O)c(N2CCN(C)CC2)n(C)c(=O)c1C#N. The number of carbonyl (C=O) groups is 1. The Morgan fingerprint density at radius 1 is 1.17 bits per heavy atom. The van der Waals surface area contributed by atoms with Gasteiger partial charge in [0.2, 0.25) is 0 Å². The quantitative estimate of drug-likeness (QED) is 0.535. The largest absolute Gasteiger partial charge is 0.355 e. The number of carbonyl (C=O) groups excluding carboxylic acids is 1. The zero-order chi connectivity index (χ0) is 21.5. The summed E-state index contributed by atoms with van der Waals surface area (Å²) >= 11 is 6.65. The molecule has 0 aliphatic carbocycles. The molecule has 0 N–H and O–H groups in total. The molecule has 1 amide bonds. The highest BCUT2D eigenvalue weighted by atomic mass is 32.2. The summed E-state index contributed by atoms with van der Waals surface area (Å²) in [6, 6.07) is 2.01. The van der Waals surface area contributed by atoms with Gasteiger partial charge >= 0.3 is 0 Å². The van der Waals surface area contributed by atoms with Crippen LogP contribution >= 0.6 is 24.0 Å². The fraction of sp³-hybridized carbons (Fsp3) is 0.500. The Kier molecular flexibility index (Phi) is 6.17. The number of hydrogen-bond donors (Lipinski definition) is 0. The van der Waals surface area contributed by atoms with Gasteiger partial charge in [0.1, 0.15) is 21.8 Å². The van der Waals surface area contributed by atoms with Crippen LogP contribution < -0.4 is 10.5 Å². The Morgan fingerprint density at radius 2 is 1.79 bits per heavy atom. The third-order valence-corrected chi connectivity index (χ3v) is 6.72. The molecule has 0 radical (unpaired) electrons. The molecule has 1 aromatic rings. The number of likely N-dealkylation sites (N-methyl/N-ethyl adjacent to an activating group) is 1. The molecule has 9 heteroatoms. The van der Waals surface area contributed by atoms with Crippen LogP contribution in [0.4, 0.5) is 5.82 Å². The van der Waals surface area contributed by atoms with E-state index in [1.807, 2.05) is 19.9 Å². The van der Waals surface area contributed by atoms with Gasteiger partial charge in [-0.05, 0) is 39.5 Å². The molecule has 2 aliphatic heterocycles. The summed E-state index contributed by atoms with van der Waals surface area (Å²) in [6.45, 7) is 8.91. The minimum absolute atomic E-state index is 0.0265. The van der Waals surface area contributed by atoms with Gasteiger partial charge in [0.15, 0.2) is 0 Å². The van der Waals surface area contributed by atoms with Crippen LogP contribution in [0.3, 0.4) is 0 Å². The third-order valence-electron chi connectivity index (χ3n) is 5.39. The number of nitriles is 1. The van der Waals surface area contributed by atoms with Crippen molar-refractivity contribution in [2.24, 2.45) is 7.05 Å². The summed E-state index contributed by atoms with van der Waals surface area (Å²) in [7, 11) is 3.76. The van der Waals surface area contributed by atoms with Crippen LogP contribution in [0.5, 0.6) is 0 Å². The maximum Gasteiger partial charge on any atom is 0.270 e. The molecule has 2 fully saturated rings. The number of amides is 1. The van der Waals surface area contributed by atoms with Gasteiger partial charge in [-0.3, -0.25) is 19.1 Å². The molecule has 0 aromatic carbocycles. The van der Waals surface area contributed by atoms with E-state index in [0.29, 0.717) is 14.8 Å². The fourth-order valence-corrected chi connectivity index (χ4v) is 5.17. The van der Waals surface area contributed by atoms with Crippen molar-refractivity contribution < 1.29 is 4.79 Å². The van der Waals surface area contributed by atoms with Crippen LogP contribution in [0.1, 0.15) is 30.5 Å². The molecule has 7 nitrogen and oxygen atoms in total. The predicted octanol–water partition coefficient (Wildman–Crippen LogP) is 1.93. The van der Waals surface area contributed by atoms with E-state index in [1.54, 1.807) is 24.9 Å². The van der Waals surface area contributed by atoms with Gasteiger partial charge in [0.05, 0.1) is 4.91 Å². The zero-order valence-electron chi connectivity index (χ0n) is 17.4. The van der Waals surface area contributed by atoms with Crippen molar-refractivity contribution in [3.8, 4) is 6.07 Å². The van der Waals surface area contributed by atoms with E-state index in [1.165, 1.54) is 16.3 Å². The molecule has 0 spiro atoms. The standard InChI is InChI=1S/C20H25N5O2S2/c1-12(2)25-19(27)16(29-20(25)28)10-14-13(3)15(11-21)18(26)23(5)17(14)24-8-6-22(4)7-9-24/h10,12H,6-9H2,1-5H3. The van der Waals surface area contributed by atoms with Crippen LogP contribution in [-0.2, 0) is 11.8 Å². The van der Waals surface area contributed by atoms with Crippen molar-refractivity contribution >= 4 is 46.1 Å². The first-order chi connectivity index (χ1) is 13.7. The lowest BCUT2D eigenvalue weighted by molar-refractivity contribution is -0.123. The minimum atomic E-state index is -0.314. The van der Waals surface area contributed by atoms with Gasteiger partial charge in [-0.15, -0.1) is 0 Å². The molecule has 3 rings (SSSR count). The highest BCUT2D eigenvalue weighted by molar-refractivity contribution is 8.26. The van der Waals surface area contributed by atoms with Crippen LogP contribution in [0.15, 0.2) is 9.70 Å². The average Bonchev–Trinajstić information content (AvgIpc) is 2.95. The van der Waals surface area contributed by atoms with Gasteiger partial charge < -0.3 is 9.80 Å². The first kappa shape index (κ1) is 21.6. The number of aromatic nitrogens is 1. The first-order valence-electron chi connectivity index (χ1n) is 9.51. The van der Waals surface area contributed by atoms with E-state index in [2.05, 4.69) is 16.8 Å². The molecule has 1 aromatic heterocycles. The molecule has 2 aliphatic rings. The van der Waals surface area contributed by atoms with Crippen molar-refractivity contribution in [3.05, 3.63) is 31.9 Å². The lowest BCUT2D eigenvalue weighted by Gasteiger charge is -2.36. The van der Waals surface area contributed by atoms with Crippen molar-refractivity contribution in [3.63, 3.8) is 0 Å². The van der Waals surface area contributed by atoms with E-state index in [4.69, 9.17) is 12.2 Å². The Morgan fingerprint density at radius 3 is 2.31 bits per heavy atom. The molecule has 0 saturated carbocycles. The Labute approximate surface area is 180 Å². The molecule has 3 heterocycles. The summed E-state index contributed by atoms with van der Waals surface area (Å²) < 4.78 is 2.06. The van der Waals surface area contributed by atoms with Crippen molar-refractivity contribution in [2.45, 2.75) is 26.8 Å². The van der Waals surface area contributed by atoms with E-state index in [9.17, 15) is 14.9 Å². The number of nitrogens with zero attached hydrogens (tertiary/aromatic N) is 5. The number of pyridine rings is 1. The molecule has 0 atom stereocenters. The van der Waals surface area contributed by atoms with Gasteiger partial charge in [-0.2, -0.15) is 5.26 Å².